The Morgan fingerprint density at radius 2 is 2.12 bits per heavy atom. The first-order valence-electron chi connectivity index (χ1n) is 6.21. The number of thiazole rings is 1. The van der Waals surface area contributed by atoms with E-state index in [0.29, 0.717) is 0 Å². The van der Waals surface area contributed by atoms with Gasteiger partial charge in [0.15, 0.2) is 0 Å². The molecule has 16 heavy (non-hydrogen) atoms. The third-order valence-electron chi connectivity index (χ3n) is 3.03. The maximum Gasteiger partial charge on any atom is 0.149 e. The van der Waals surface area contributed by atoms with Gasteiger partial charge >= 0.3 is 0 Å². The summed E-state index contributed by atoms with van der Waals surface area (Å²) < 4.78 is 1.20. The second kappa shape index (κ2) is 7.30. The lowest BCUT2D eigenvalue weighted by Crippen LogP contribution is -2.30. The smallest absolute Gasteiger partial charge is 0.149 e. The molecule has 1 heterocycles. The summed E-state index contributed by atoms with van der Waals surface area (Å²) in [6.07, 6.45) is 10.3. The van der Waals surface area contributed by atoms with E-state index in [0.717, 1.165) is 18.3 Å². The van der Waals surface area contributed by atoms with E-state index in [1.54, 1.807) is 11.3 Å². The molecule has 0 aromatic carbocycles. The van der Waals surface area contributed by atoms with E-state index in [1.807, 2.05) is 23.3 Å². The molecule has 1 aromatic heterocycles. The summed E-state index contributed by atoms with van der Waals surface area (Å²) >= 11 is 3.60. The minimum Gasteiger partial charge on any atom is -0.313 e. The number of hydrogen-bond acceptors (Lipinski definition) is 4. The van der Waals surface area contributed by atoms with Gasteiger partial charge in [0.1, 0.15) is 4.34 Å². The zero-order valence-corrected chi connectivity index (χ0v) is 11.3. The van der Waals surface area contributed by atoms with E-state index < -0.39 is 0 Å². The Morgan fingerprint density at radius 3 is 2.81 bits per heavy atom. The molecule has 1 aromatic rings. The van der Waals surface area contributed by atoms with Crippen molar-refractivity contribution < 1.29 is 0 Å². The summed E-state index contributed by atoms with van der Waals surface area (Å²) in [5.74, 6) is 1.14. The maximum atomic E-state index is 4.27. The molecule has 1 aliphatic carbocycles. The van der Waals surface area contributed by atoms with E-state index >= 15 is 0 Å². The molecule has 1 N–H and O–H groups in total. The average Bonchev–Trinajstić information content (AvgIpc) is 2.68. The highest BCUT2D eigenvalue weighted by molar-refractivity contribution is 8.01. The van der Waals surface area contributed by atoms with Gasteiger partial charge in [0, 0.05) is 29.9 Å². The molecule has 90 valence electrons. The standard InChI is InChI=1S/C12H20N2S2/c1-2-4-6-11(5-3-1)13-7-9-15-12-14-8-10-16-12/h8,10-11,13H,1-7,9H2. The quantitative estimate of drug-likeness (QED) is 0.495. The first-order chi connectivity index (χ1) is 7.95. The van der Waals surface area contributed by atoms with Gasteiger partial charge in [-0.05, 0) is 12.8 Å². The minimum atomic E-state index is 0.777. The molecule has 0 amide bonds. The Balaban J connectivity index is 1.56. The maximum absolute atomic E-state index is 4.27. The Hall–Kier alpha value is -0.0600. The molecule has 2 nitrogen and oxygen atoms in total. The molecule has 1 saturated carbocycles. The van der Waals surface area contributed by atoms with Crippen molar-refractivity contribution in [2.45, 2.75) is 48.9 Å². The molecule has 0 radical (unpaired) electrons. The molecule has 1 aliphatic rings. The summed E-state index contributed by atoms with van der Waals surface area (Å²) in [4.78, 5) is 4.27. The van der Waals surface area contributed by atoms with Gasteiger partial charge in [-0.15, -0.1) is 11.3 Å². The SMILES string of the molecule is c1csc(SCCNC2CCCCCC2)n1. The van der Waals surface area contributed by atoms with Gasteiger partial charge in [-0.3, -0.25) is 0 Å². The Bertz CT molecular complexity index is 267. The number of nitrogens with zero attached hydrogens (tertiary/aromatic N) is 1. The van der Waals surface area contributed by atoms with Crippen molar-refractivity contribution in [2.24, 2.45) is 0 Å². The van der Waals surface area contributed by atoms with Crippen molar-refractivity contribution in [1.29, 1.82) is 0 Å². The molecule has 2 rings (SSSR count). The highest BCUT2D eigenvalue weighted by atomic mass is 32.2. The fraction of sp³-hybridized carbons (Fsp3) is 0.750. The first kappa shape index (κ1) is 12.4. The molecule has 1 fully saturated rings. The topological polar surface area (TPSA) is 24.9 Å². The summed E-state index contributed by atoms with van der Waals surface area (Å²) in [6.45, 7) is 1.12. The molecule has 0 atom stereocenters. The second-order valence-corrected chi connectivity index (χ2v) is 6.53. The van der Waals surface area contributed by atoms with Gasteiger partial charge in [-0.2, -0.15) is 0 Å². The van der Waals surface area contributed by atoms with Crippen LogP contribution in [0.1, 0.15) is 38.5 Å². The van der Waals surface area contributed by atoms with Crippen LogP contribution in [0.3, 0.4) is 0 Å². The van der Waals surface area contributed by atoms with Crippen molar-refractivity contribution in [2.75, 3.05) is 12.3 Å². The van der Waals surface area contributed by atoms with Gasteiger partial charge in [-0.1, -0.05) is 37.4 Å². The van der Waals surface area contributed by atoms with Gasteiger partial charge in [0.2, 0.25) is 0 Å². The van der Waals surface area contributed by atoms with Gasteiger partial charge < -0.3 is 5.32 Å². The molecule has 0 aliphatic heterocycles. The van der Waals surface area contributed by atoms with Gasteiger partial charge in [0.25, 0.3) is 0 Å². The average molecular weight is 256 g/mol. The van der Waals surface area contributed by atoms with E-state index in [9.17, 15) is 0 Å². The van der Waals surface area contributed by atoms with Crippen LogP contribution in [-0.4, -0.2) is 23.3 Å². The molecular weight excluding hydrogens is 236 g/mol. The van der Waals surface area contributed by atoms with Crippen LogP contribution in [0.25, 0.3) is 0 Å². The summed E-state index contributed by atoms with van der Waals surface area (Å²) in [5.41, 5.74) is 0. The van der Waals surface area contributed by atoms with Crippen LogP contribution in [0.15, 0.2) is 15.9 Å². The highest BCUT2D eigenvalue weighted by Crippen LogP contribution is 2.20. The van der Waals surface area contributed by atoms with Crippen LogP contribution < -0.4 is 5.32 Å². The van der Waals surface area contributed by atoms with Crippen LogP contribution >= 0.6 is 23.1 Å². The number of nitrogens with one attached hydrogen (secondary N) is 1. The highest BCUT2D eigenvalue weighted by Gasteiger charge is 2.10. The number of rotatable bonds is 5. The summed E-state index contributed by atoms with van der Waals surface area (Å²) in [6, 6.07) is 0.777. The molecule has 0 bridgehead atoms. The van der Waals surface area contributed by atoms with Gasteiger partial charge in [0.05, 0.1) is 0 Å². The fourth-order valence-electron chi connectivity index (χ4n) is 2.17. The van der Waals surface area contributed by atoms with Crippen LogP contribution in [0.4, 0.5) is 0 Å². The lowest BCUT2D eigenvalue weighted by Gasteiger charge is -2.15. The lowest BCUT2D eigenvalue weighted by atomic mass is 10.1. The zero-order chi connectivity index (χ0) is 11.1. The second-order valence-electron chi connectivity index (χ2n) is 4.29. The molecule has 4 heteroatoms. The Labute approximate surface area is 106 Å². The first-order valence-corrected chi connectivity index (χ1v) is 8.07. The largest absolute Gasteiger partial charge is 0.313 e. The van der Waals surface area contributed by atoms with E-state index in [-0.39, 0.29) is 0 Å². The van der Waals surface area contributed by atoms with Crippen LogP contribution in [0.2, 0.25) is 0 Å². The number of aromatic nitrogens is 1. The predicted octanol–water partition coefficient (Wildman–Crippen LogP) is 3.55. The molecule has 0 unspecified atom stereocenters. The van der Waals surface area contributed by atoms with Crippen molar-refractivity contribution >= 4 is 23.1 Å². The number of hydrogen-bond donors (Lipinski definition) is 1. The Morgan fingerprint density at radius 1 is 1.31 bits per heavy atom. The van der Waals surface area contributed by atoms with Crippen molar-refractivity contribution in [3.05, 3.63) is 11.6 Å². The molecule has 0 spiro atoms. The third kappa shape index (κ3) is 4.44. The Kier molecular flexibility index (Phi) is 5.66. The monoisotopic (exact) mass is 256 g/mol. The summed E-state index contributed by atoms with van der Waals surface area (Å²) in [7, 11) is 0. The zero-order valence-electron chi connectivity index (χ0n) is 9.65. The van der Waals surface area contributed by atoms with Crippen LogP contribution in [-0.2, 0) is 0 Å². The minimum absolute atomic E-state index is 0.777. The molecule has 0 saturated heterocycles. The van der Waals surface area contributed by atoms with E-state index in [1.165, 1.54) is 42.9 Å². The van der Waals surface area contributed by atoms with E-state index in [4.69, 9.17) is 0 Å². The summed E-state index contributed by atoms with van der Waals surface area (Å²) in [5, 5.41) is 5.72. The third-order valence-corrected chi connectivity index (χ3v) is 4.99. The fourth-order valence-corrected chi connectivity index (χ4v) is 3.75. The van der Waals surface area contributed by atoms with Crippen LogP contribution in [0, 0.1) is 0 Å². The van der Waals surface area contributed by atoms with Gasteiger partial charge in [-0.25, -0.2) is 4.98 Å². The van der Waals surface area contributed by atoms with Crippen molar-refractivity contribution in [3.63, 3.8) is 0 Å². The van der Waals surface area contributed by atoms with Crippen LogP contribution in [0.5, 0.6) is 0 Å². The molecular formula is C12H20N2S2. The van der Waals surface area contributed by atoms with Crippen molar-refractivity contribution in [3.8, 4) is 0 Å². The normalized spacial score (nSPS) is 18.5. The predicted molar refractivity (Wildman–Crippen MR) is 72.3 cm³/mol. The van der Waals surface area contributed by atoms with E-state index in [2.05, 4.69) is 10.3 Å². The lowest BCUT2D eigenvalue weighted by molar-refractivity contribution is 0.474. The van der Waals surface area contributed by atoms with Crippen molar-refractivity contribution in [1.82, 2.24) is 10.3 Å². The number of thioether (sulfide) groups is 1.